The highest BCUT2D eigenvalue weighted by Crippen LogP contribution is 2.28. The summed E-state index contributed by atoms with van der Waals surface area (Å²) >= 11 is 0. The summed E-state index contributed by atoms with van der Waals surface area (Å²) in [6, 6.07) is 0. The van der Waals surface area contributed by atoms with E-state index in [1.54, 1.807) is 0 Å². The van der Waals surface area contributed by atoms with Gasteiger partial charge < -0.3 is 0 Å². The van der Waals surface area contributed by atoms with E-state index in [-0.39, 0.29) is 18.0 Å². The van der Waals surface area contributed by atoms with Crippen LogP contribution in [0.25, 0.3) is 0 Å². The largest absolute Gasteiger partial charge is 0.300 e. The standard InChI is InChI=1S/C11H20O3S/c1-15(13,14)9-8-11(12)7-6-10-4-2-3-5-10/h10H,2-9H2,1H3. The summed E-state index contributed by atoms with van der Waals surface area (Å²) in [6.45, 7) is 0. The van der Waals surface area contributed by atoms with E-state index in [0.29, 0.717) is 12.3 Å². The first-order valence-corrected chi connectivity index (χ1v) is 7.73. The van der Waals surface area contributed by atoms with E-state index in [9.17, 15) is 13.2 Å². The Labute approximate surface area is 92.2 Å². The highest BCUT2D eigenvalue weighted by Gasteiger charge is 2.16. The molecule has 1 rings (SSSR count). The van der Waals surface area contributed by atoms with E-state index >= 15 is 0 Å². The second kappa shape index (κ2) is 5.64. The molecule has 1 saturated carbocycles. The van der Waals surface area contributed by atoms with Gasteiger partial charge in [0.1, 0.15) is 15.6 Å². The minimum absolute atomic E-state index is 0.0104. The third-order valence-corrected chi connectivity index (χ3v) is 4.00. The molecule has 3 nitrogen and oxygen atoms in total. The molecule has 0 aromatic rings. The first kappa shape index (κ1) is 12.7. The Balaban J connectivity index is 2.13. The van der Waals surface area contributed by atoms with Crippen LogP contribution < -0.4 is 0 Å². The van der Waals surface area contributed by atoms with E-state index in [0.717, 1.165) is 6.42 Å². The Kier molecular flexibility index (Phi) is 4.77. The summed E-state index contributed by atoms with van der Waals surface area (Å²) in [7, 11) is -2.98. The molecule has 0 bridgehead atoms. The molecule has 1 fully saturated rings. The minimum atomic E-state index is -2.98. The van der Waals surface area contributed by atoms with Crippen LogP contribution in [0.15, 0.2) is 0 Å². The third-order valence-electron chi connectivity index (χ3n) is 3.06. The fourth-order valence-corrected chi connectivity index (χ4v) is 2.69. The van der Waals surface area contributed by atoms with Crippen molar-refractivity contribution in [3.05, 3.63) is 0 Å². The predicted molar refractivity (Wildman–Crippen MR) is 60.5 cm³/mol. The number of sulfone groups is 1. The van der Waals surface area contributed by atoms with Crippen molar-refractivity contribution in [3.8, 4) is 0 Å². The molecule has 15 heavy (non-hydrogen) atoms. The quantitative estimate of drug-likeness (QED) is 0.703. The van der Waals surface area contributed by atoms with Crippen molar-refractivity contribution in [1.82, 2.24) is 0 Å². The van der Waals surface area contributed by atoms with Crippen molar-refractivity contribution in [3.63, 3.8) is 0 Å². The molecule has 0 aromatic carbocycles. The van der Waals surface area contributed by atoms with Gasteiger partial charge in [0, 0.05) is 19.1 Å². The number of carbonyl (C=O) groups excluding carboxylic acids is 1. The number of hydrogen-bond acceptors (Lipinski definition) is 3. The molecule has 1 aliphatic carbocycles. The number of rotatable bonds is 6. The summed E-state index contributed by atoms with van der Waals surface area (Å²) in [5, 5.41) is 0. The maximum Gasteiger partial charge on any atom is 0.147 e. The Morgan fingerprint density at radius 1 is 1.20 bits per heavy atom. The number of carbonyl (C=O) groups is 1. The summed E-state index contributed by atoms with van der Waals surface area (Å²) in [5.74, 6) is 0.829. The molecule has 0 N–H and O–H groups in total. The van der Waals surface area contributed by atoms with Crippen LogP contribution in [0, 0.1) is 5.92 Å². The molecule has 0 unspecified atom stereocenters. The smallest absolute Gasteiger partial charge is 0.147 e. The number of Topliss-reactive ketones (excluding diaryl/α,β-unsaturated/α-hetero) is 1. The molecule has 4 heteroatoms. The molecule has 0 heterocycles. The molecule has 0 amide bonds. The summed E-state index contributed by atoms with van der Waals surface area (Å²) < 4.78 is 21.7. The van der Waals surface area contributed by atoms with Crippen LogP contribution in [0.4, 0.5) is 0 Å². The van der Waals surface area contributed by atoms with Gasteiger partial charge in [0.05, 0.1) is 5.75 Å². The Morgan fingerprint density at radius 3 is 2.33 bits per heavy atom. The second-order valence-electron chi connectivity index (χ2n) is 4.61. The molecule has 0 radical (unpaired) electrons. The van der Waals surface area contributed by atoms with Crippen LogP contribution in [-0.2, 0) is 14.6 Å². The molecule has 0 aliphatic heterocycles. The molecule has 0 aromatic heterocycles. The lowest BCUT2D eigenvalue weighted by Gasteiger charge is -2.07. The number of hydrogen-bond donors (Lipinski definition) is 0. The zero-order valence-corrected chi connectivity index (χ0v) is 10.2. The van der Waals surface area contributed by atoms with Crippen molar-refractivity contribution < 1.29 is 13.2 Å². The maximum absolute atomic E-state index is 11.4. The maximum atomic E-state index is 11.4. The Hall–Kier alpha value is -0.380. The van der Waals surface area contributed by atoms with Gasteiger partial charge in [-0.05, 0) is 12.3 Å². The lowest BCUT2D eigenvalue weighted by atomic mass is 10.00. The average molecular weight is 232 g/mol. The lowest BCUT2D eigenvalue weighted by molar-refractivity contribution is -0.119. The Morgan fingerprint density at radius 2 is 1.80 bits per heavy atom. The third kappa shape index (κ3) is 5.92. The summed E-state index contributed by atoms with van der Waals surface area (Å²) in [6.07, 6.45) is 7.99. The van der Waals surface area contributed by atoms with Gasteiger partial charge in [0.25, 0.3) is 0 Å². The van der Waals surface area contributed by atoms with Gasteiger partial charge in [-0.15, -0.1) is 0 Å². The normalized spacial score (nSPS) is 18.2. The van der Waals surface area contributed by atoms with Crippen LogP contribution in [0.3, 0.4) is 0 Å². The summed E-state index contributed by atoms with van der Waals surface area (Å²) in [5.41, 5.74) is 0. The first-order valence-electron chi connectivity index (χ1n) is 5.67. The zero-order valence-electron chi connectivity index (χ0n) is 9.37. The van der Waals surface area contributed by atoms with Crippen LogP contribution in [0.1, 0.15) is 44.9 Å². The van der Waals surface area contributed by atoms with Gasteiger partial charge in [-0.2, -0.15) is 0 Å². The van der Waals surface area contributed by atoms with E-state index in [2.05, 4.69) is 0 Å². The van der Waals surface area contributed by atoms with Crippen molar-refractivity contribution in [2.75, 3.05) is 12.0 Å². The van der Waals surface area contributed by atoms with Crippen LogP contribution in [0.5, 0.6) is 0 Å². The summed E-state index contributed by atoms with van der Waals surface area (Å²) in [4.78, 5) is 11.4. The van der Waals surface area contributed by atoms with E-state index < -0.39 is 9.84 Å². The van der Waals surface area contributed by atoms with Crippen molar-refractivity contribution in [2.45, 2.75) is 44.9 Å². The molecule has 1 aliphatic rings. The number of ketones is 1. The second-order valence-corrected chi connectivity index (χ2v) is 6.87. The SMILES string of the molecule is CS(=O)(=O)CCC(=O)CCC1CCCC1. The average Bonchev–Trinajstić information content (AvgIpc) is 2.62. The first-order chi connectivity index (χ1) is 6.97. The fraction of sp³-hybridized carbons (Fsp3) is 0.909. The fourth-order valence-electron chi connectivity index (χ4n) is 2.09. The van der Waals surface area contributed by atoms with Crippen molar-refractivity contribution in [2.24, 2.45) is 5.92 Å². The highest BCUT2D eigenvalue weighted by atomic mass is 32.2. The van der Waals surface area contributed by atoms with E-state index in [4.69, 9.17) is 0 Å². The van der Waals surface area contributed by atoms with Crippen molar-refractivity contribution >= 4 is 15.6 Å². The van der Waals surface area contributed by atoms with Crippen LogP contribution >= 0.6 is 0 Å². The van der Waals surface area contributed by atoms with Crippen LogP contribution in [-0.4, -0.2) is 26.2 Å². The highest BCUT2D eigenvalue weighted by molar-refractivity contribution is 7.90. The van der Waals surface area contributed by atoms with Crippen LogP contribution in [0.2, 0.25) is 0 Å². The zero-order chi connectivity index (χ0) is 11.3. The lowest BCUT2D eigenvalue weighted by Crippen LogP contribution is -2.10. The Bertz CT molecular complexity index is 300. The topological polar surface area (TPSA) is 51.2 Å². The molecule has 0 spiro atoms. The molecule has 0 saturated heterocycles. The van der Waals surface area contributed by atoms with Gasteiger partial charge >= 0.3 is 0 Å². The monoisotopic (exact) mass is 232 g/mol. The predicted octanol–water partition coefficient (Wildman–Crippen LogP) is 1.96. The van der Waals surface area contributed by atoms with E-state index in [1.807, 2.05) is 0 Å². The van der Waals surface area contributed by atoms with Gasteiger partial charge in [-0.3, -0.25) is 4.79 Å². The van der Waals surface area contributed by atoms with Gasteiger partial charge in [-0.1, -0.05) is 25.7 Å². The molecule has 88 valence electrons. The van der Waals surface area contributed by atoms with Gasteiger partial charge in [0.2, 0.25) is 0 Å². The van der Waals surface area contributed by atoms with Gasteiger partial charge in [0.15, 0.2) is 0 Å². The van der Waals surface area contributed by atoms with E-state index in [1.165, 1.54) is 31.9 Å². The molecule has 0 atom stereocenters. The van der Waals surface area contributed by atoms with Gasteiger partial charge in [-0.25, -0.2) is 8.42 Å². The minimum Gasteiger partial charge on any atom is -0.300 e. The molecular weight excluding hydrogens is 212 g/mol. The van der Waals surface area contributed by atoms with Crippen molar-refractivity contribution in [1.29, 1.82) is 0 Å². The molecular formula is C11H20O3S.